The number of sulfone groups is 1. The number of benzene rings is 1. The molecule has 0 bridgehead atoms. The van der Waals surface area contributed by atoms with E-state index < -0.39 is 40.0 Å². The van der Waals surface area contributed by atoms with Crippen molar-refractivity contribution in [2.45, 2.75) is 29.9 Å². The van der Waals surface area contributed by atoms with Gasteiger partial charge in [0.05, 0.1) is 11.5 Å². The molecule has 1 aliphatic heterocycles. The van der Waals surface area contributed by atoms with Gasteiger partial charge in [0.2, 0.25) is 0 Å². The Morgan fingerprint density at radius 2 is 1.88 bits per heavy atom. The van der Waals surface area contributed by atoms with E-state index >= 15 is 0 Å². The standard InChI is InChI=1S/C21H20N2O8S/c24-20(15-11-18-19(12-15)31-21(25)30-18)23(26)13-32(27,28)17-3-1-16(2-4-17)29-10-7-14-5-8-22-9-6-14/h1-6,8-9,11,18-19,26H,7,10,12-13H2. The van der Waals surface area contributed by atoms with Crippen LogP contribution in [0.3, 0.4) is 0 Å². The van der Waals surface area contributed by atoms with E-state index in [9.17, 15) is 23.2 Å². The quantitative estimate of drug-likeness (QED) is 0.356. The van der Waals surface area contributed by atoms with Gasteiger partial charge in [-0.15, -0.1) is 0 Å². The average molecular weight is 460 g/mol. The van der Waals surface area contributed by atoms with Gasteiger partial charge in [-0.25, -0.2) is 18.3 Å². The minimum Gasteiger partial charge on any atom is -0.493 e. The van der Waals surface area contributed by atoms with Crippen LogP contribution < -0.4 is 4.74 Å². The minimum absolute atomic E-state index is 0.0396. The second kappa shape index (κ2) is 8.97. The smallest absolute Gasteiger partial charge is 0.493 e. The lowest BCUT2D eigenvalue weighted by atomic mass is 10.2. The summed E-state index contributed by atoms with van der Waals surface area (Å²) in [5, 5.41) is 10.2. The highest BCUT2D eigenvalue weighted by molar-refractivity contribution is 7.91. The van der Waals surface area contributed by atoms with E-state index in [2.05, 4.69) is 4.98 Å². The summed E-state index contributed by atoms with van der Waals surface area (Å²) in [6.07, 6.45) is 3.28. The molecule has 2 unspecified atom stereocenters. The van der Waals surface area contributed by atoms with Gasteiger partial charge < -0.3 is 14.2 Å². The first-order valence-electron chi connectivity index (χ1n) is 9.75. The summed E-state index contributed by atoms with van der Waals surface area (Å²) >= 11 is 0. The van der Waals surface area contributed by atoms with Crippen LogP contribution in [-0.4, -0.2) is 60.4 Å². The molecule has 168 valence electrons. The number of hydrogen-bond acceptors (Lipinski definition) is 9. The number of hydroxylamine groups is 2. The van der Waals surface area contributed by atoms with E-state index in [0.717, 1.165) is 5.56 Å². The Hall–Kier alpha value is -3.44. The predicted octanol–water partition coefficient (Wildman–Crippen LogP) is 1.89. The van der Waals surface area contributed by atoms with E-state index in [0.29, 0.717) is 18.8 Å². The summed E-state index contributed by atoms with van der Waals surface area (Å²) in [7, 11) is -3.99. The molecule has 1 aliphatic carbocycles. The van der Waals surface area contributed by atoms with Crippen molar-refractivity contribution in [2.75, 3.05) is 12.5 Å². The SMILES string of the molecule is O=C1OC2C=C(C(=O)N(O)CS(=O)(=O)c3ccc(OCCc4ccncc4)cc3)CC2O1. The molecule has 2 atom stereocenters. The second-order valence-corrected chi connectivity index (χ2v) is 9.22. The van der Waals surface area contributed by atoms with Crippen LogP contribution in [0.1, 0.15) is 12.0 Å². The number of nitrogens with zero attached hydrogens (tertiary/aromatic N) is 2. The van der Waals surface area contributed by atoms with Crippen molar-refractivity contribution in [3.63, 3.8) is 0 Å². The normalized spacial score (nSPS) is 19.5. The van der Waals surface area contributed by atoms with Crippen LogP contribution >= 0.6 is 0 Å². The third kappa shape index (κ3) is 4.89. The topological polar surface area (TPSA) is 132 Å². The van der Waals surface area contributed by atoms with Gasteiger partial charge in [0.25, 0.3) is 5.91 Å². The number of hydrogen-bond donors (Lipinski definition) is 1. The molecule has 0 spiro atoms. The van der Waals surface area contributed by atoms with Crippen molar-refractivity contribution in [3.8, 4) is 5.75 Å². The van der Waals surface area contributed by atoms with E-state index in [1.165, 1.54) is 30.3 Å². The Morgan fingerprint density at radius 3 is 2.56 bits per heavy atom. The number of fused-ring (bicyclic) bond motifs is 1. The molecule has 1 aromatic carbocycles. The third-order valence-corrected chi connectivity index (χ3v) is 6.60. The number of aromatic nitrogens is 1. The highest BCUT2D eigenvalue weighted by Crippen LogP contribution is 2.31. The molecule has 2 aliphatic rings. The summed E-state index contributed by atoms with van der Waals surface area (Å²) in [6, 6.07) is 9.48. The molecule has 4 rings (SSSR count). The molecule has 1 fully saturated rings. The molecule has 1 N–H and O–H groups in total. The Bertz CT molecular complexity index is 1130. The molecule has 2 heterocycles. The zero-order valence-electron chi connectivity index (χ0n) is 16.8. The molecular weight excluding hydrogens is 440 g/mol. The zero-order chi connectivity index (χ0) is 22.7. The fourth-order valence-corrected chi connectivity index (χ4v) is 4.52. The molecular formula is C21H20N2O8S. The van der Waals surface area contributed by atoms with Gasteiger partial charge in [0, 0.05) is 30.8 Å². The number of ether oxygens (including phenoxy) is 3. The van der Waals surface area contributed by atoms with Gasteiger partial charge >= 0.3 is 6.16 Å². The van der Waals surface area contributed by atoms with Gasteiger partial charge in [0.1, 0.15) is 5.75 Å². The number of rotatable bonds is 8. The van der Waals surface area contributed by atoms with Crippen molar-refractivity contribution >= 4 is 21.9 Å². The summed E-state index contributed by atoms with van der Waals surface area (Å²) in [4.78, 5) is 27.3. The first-order chi connectivity index (χ1) is 15.3. The van der Waals surface area contributed by atoms with Crippen LogP contribution in [0, 0.1) is 0 Å². The van der Waals surface area contributed by atoms with E-state index in [1.54, 1.807) is 12.4 Å². The summed E-state index contributed by atoms with van der Waals surface area (Å²) < 4.78 is 40.6. The molecule has 2 aromatic rings. The maximum absolute atomic E-state index is 12.6. The van der Waals surface area contributed by atoms with Gasteiger partial charge in [-0.1, -0.05) is 0 Å². The first kappa shape index (κ1) is 21.8. The summed E-state index contributed by atoms with van der Waals surface area (Å²) in [5.74, 6) is -1.33. The van der Waals surface area contributed by atoms with Crippen LogP contribution in [0.25, 0.3) is 0 Å². The molecule has 11 heteroatoms. The Labute approximate surface area is 183 Å². The monoisotopic (exact) mass is 460 g/mol. The van der Waals surface area contributed by atoms with Crippen molar-refractivity contribution in [1.82, 2.24) is 10.0 Å². The van der Waals surface area contributed by atoms with Crippen LogP contribution in [-0.2, 0) is 30.5 Å². The van der Waals surface area contributed by atoms with Crippen LogP contribution in [0.2, 0.25) is 0 Å². The fraction of sp³-hybridized carbons (Fsp3) is 0.286. The van der Waals surface area contributed by atoms with E-state index in [4.69, 9.17) is 14.2 Å². The molecule has 0 saturated carbocycles. The predicted molar refractivity (Wildman–Crippen MR) is 108 cm³/mol. The van der Waals surface area contributed by atoms with Crippen LogP contribution in [0.4, 0.5) is 4.79 Å². The molecule has 0 radical (unpaired) electrons. The summed E-state index contributed by atoms with van der Waals surface area (Å²) in [5.41, 5.74) is 1.18. The summed E-state index contributed by atoms with van der Waals surface area (Å²) in [6.45, 7) is 0.408. The Morgan fingerprint density at radius 1 is 1.16 bits per heavy atom. The second-order valence-electron chi connectivity index (χ2n) is 7.26. The number of amides is 1. The highest BCUT2D eigenvalue weighted by Gasteiger charge is 2.42. The number of carbonyl (C=O) groups is 2. The minimum atomic E-state index is -3.99. The highest BCUT2D eigenvalue weighted by atomic mass is 32.2. The van der Waals surface area contributed by atoms with Crippen molar-refractivity contribution in [1.29, 1.82) is 0 Å². The lowest BCUT2D eigenvalue weighted by molar-refractivity contribution is -0.156. The maximum atomic E-state index is 12.6. The van der Waals surface area contributed by atoms with Gasteiger partial charge in [0.15, 0.2) is 27.9 Å². The average Bonchev–Trinajstić information content (AvgIpc) is 3.31. The number of carbonyl (C=O) groups excluding carboxylic acids is 2. The lowest BCUT2D eigenvalue weighted by Crippen LogP contribution is -2.33. The van der Waals surface area contributed by atoms with E-state index in [1.807, 2.05) is 12.1 Å². The fourth-order valence-electron chi connectivity index (χ4n) is 3.39. The van der Waals surface area contributed by atoms with Gasteiger partial charge in [-0.2, -0.15) is 0 Å². The lowest BCUT2D eigenvalue weighted by Gasteiger charge is -2.16. The largest absolute Gasteiger partial charge is 0.509 e. The molecule has 10 nitrogen and oxygen atoms in total. The molecule has 1 saturated heterocycles. The molecule has 1 aromatic heterocycles. The maximum Gasteiger partial charge on any atom is 0.509 e. The van der Waals surface area contributed by atoms with Gasteiger partial charge in [-0.3, -0.25) is 15.0 Å². The Balaban J connectivity index is 1.32. The molecule has 1 amide bonds. The van der Waals surface area contributed by atoms with Crippen molar-refractivity contribution in [2.24, 2.45) is 0 Å². The van der Waals surface area contributed by atoms with Crippen LogP contribution in [0.5, 0.6) is 5.75 Å². The van der Waals surface area contributed by atoms with Gasteiger partial charge in [-0.05, 0) is 48.0 Å². The van der Waals surface area contributed by atoms with Crippen molar-refractivity contribution < 1.29 is 37.4 Å². The number of pyridine rings is 1. The molecule has 32 heavy (non-hydrogen) atoms. The third-order valence-electron chi connectivity index (χ3n) is 5.03. The first-order valence-corrected chi connectivity index (χ1v) is 11.4. The van der Waals surface area contributed by atoms with Crippen LogP contribution in [0.15, 0.2) is 65.3 Å². The van der Waals surface area contributed by atoms with E-state index in [-0.39, 0.29) is 22.0 Å². The Kier molecular flexibility index (Phi) is 6.10. The zero-order valence-corrected chi connectivity index (χ0v) is 17.6. The van der Waals surface area contributed by atoms with Crippen molar-refractivity contribution in [3.05, 3.63) is 66.0 Å².